The maximum absolute atomic E-state index is 10.6. The van der Waals surface area contributed by atoms with Crippen molar-refractivity contribution in [3.8, 4) is 11.6 Å². The van der Waals surface area contributed by atoms with E-state index in [0.29, 0.717) is 23.6 Å². The Labute approximate surface area is 114 Å². The molecule has 1 aliphatic heterocycles. The van der Waals surface area contributed by atoms with Crippen molar-refractivity contribution in [3.63, 3.8) is 0 Å². The molecule has 1 aliphatic rings. The number of piperazine rings is 1. The fourth-order valence-corrected chi connectivity index (χ4v) is 2.17. The Bertz CT molecular complexity index is 621. The smallest absolute Gasteiger partial charge is 0.397 e. The van der Waals surface area contributed by atoms with Gasteiger partial charge in [-0.15, -0.1) is 5.10 Å². The van der Waals surface area contributed by atoms with Gasteiger partial charge in [-0.2, -0.15) is 4.98 Å². The largest absolute Gasteiger partial charge is 0.433 e. The fourth-order valence-electron chi connectivity index (χ4n) is 2.17. The van der Waals surface area contributed by atoms with Crippen molar-refractivity contribution >= 4 is 11.8 Å². The van der Waals surface area contributed by atoms with Gasteiger partial charge in [-0.25, -0.2) is 0 Å². The molecule has 20 heavy (non-hydrogen) atoms. The molecule has 1 atom stereocenters. The van der Waals surface area contributed by atoms with E-state index < -0.39 is 4.92 Å². The van der Waals surface area contributed by atoms with Crippen molar-refractivity contribution in [2.45, 2.75) is 13.0 Å². The summed E-state index contributed by atoms with van der Waals surface area (Å²) in [5.41, 5.74) is 0. The molecule has 3 rings (SSSR count). The van der Waals surface area contributed by atoms with Gasteiger partial charge in [0.25, 0.3) is 0 Å². The summed E-state index contributed by atoms with van der Waals surface area (Å²) >= 11 is 0. The van der Waals surface area contributed by atoms with Crippen molar-refractivity contribution < 1.29 is 9.34 Å². The van der Waals surface area contributed by atoms with Gasteiger partial charge in [-0.05, 0) is 13.0 Å². The van der Waals surface area contributed by atoms with Gasteiger partial charge in [-0.3, -0.25) is 15.2 Å². The van der Waals surface area contributed by atoms with Gasteiger partial charge < -0.3 is 14.6 Å². The Morgan fingerprint density at radius 1 is 1.55 bits per heavy atom. The van der Waals surface area contributed by atoms with Gasteiger partial charge in [0, 0.05) is 25.7 Å². The molecule has 0 amide bonds. The van der Waals surface area contributed by atoms with Crippen molar-refractivity contribution in [1.29, 1.82) is 0 Å². The van der Waals surface area contributed by atoms with Crippen molar-refractivity contribution in [1.82, 2.24) is 20.5 Å². The van der Waals surface area contributed by atoms with E-state index in [9.17, 15) is 10.1 Å². The Balaban J connectivity index is 1.80. The molecule has 3 heterocycles. The van der Waals surface area contributed by atoms with E-state index in [4.69, 9.17) is 4.42 Å². The average molecular weight is 278 g/mol. The number of nitrogens with one attached hydrogen (secondary N) is 2. The van der Waals surface area contributed by atoms with Crippen molar-refractivity contribution in [2.24, 2.45) is 0 Å². The van der Waals surface area contributed by atoms with Crippen LogP contribution in [-0.2, 0) is 0 Å². The van der Waals surface area contributed by atoms with E-state index in [1.54, 1.807) is 0 Å². The zero-order valence-electron chi connectivity index (χ0n) is 10.9. The fraction of sp³-hybridized carbons (Fsp3) is 0.455. The van der Waals surface area contributed by atoms with Crippen LogP contribution >= 0.6 is 0 Å². The van der Waals surface area contributed by atoms with Crippen LogP contribution in [-0.4, -0.2) is 45.8 Å². The summed E-state index contributed by atoms with van der Waals surface area (Å²) in [5, 5.41) is 20.8. The highest BCUT2D eigenvalue weighted by molar-refractivity contribution is 5.51. The normalized spacial score (nSPS) is 19.2. The monoisotopic (exact) mass is 278 g/mol. The summed E-state index contributed by atoms with van der Waals surface area (Å²) < 4.78 is 5.09. The number of aromatic nitrogens is 3. The number of hydrogen-bond donors (Lipinski definition) is 2. The highest BCUT2D eigenvalue weighted by Gasteiger charge is 2.21. The van der Waals surface area contributed by atoms with Gasteiger partial charge in [0.1, 0.15) is 4.92 Å². The molecule has 1 fully saturated rings. The molecule has 9 nitrogen and oxygen atoms in total. The number of nitrogens with zero attached hydrogens (tertiary/aromatic N) is 4. The lowest BCUT2D eigenvalue weighted by molar-refractivity contribution is -0.401. The van der Waals surface area contributed by atoms with E-state index in [-0.39, 0.29) is 5.88 Å². The summed E-state index contributed by atoms with van der Waals surface area (Å²) in [6.45, 7) is 4.60. The zero-order valence-corrected chi connectivity index (χ0v) is 10.9. The molecule has 106 valence electrons. The van der Waals surface area contributed by atoms with Crippen LogP contribution in [0.15, 0.2) is 16.5 Å². The summed E-state index contributed by atoms with van der Waals surface area (Å²) in [6, 6.07) is 3.17. The molecule has 2 aromatic rings. The molecular formula is C11H14N6O3. The quantitative estimate of drug-likeness (QED) is 0.629. The minimum absolute atomic E-state index is 0.304. The summed E-state index contributed by atoms with van der Waals surface area (Å²) in [7, 11) is 0. The van der Waals surface area contributed by atoms with Crippen LogP contribution in [0.25, 0.3) is 11.6 Å². The Morgan fingerprint density at radius 2 is 2.40 bits per heavy atom. The van der Waals surface area contributed by atoms with Crippen LogP contribution in [0.5, 0.6) is 0 Å². The van der Waals surface area contributed by atoms with Crippen LogP contribution in [0.4, 0.5) is 11.8 Å². The topological polar surface area (TPSA) is 113 Å². The molecule has 1 saturated heterocycles. The van der Waals surface area contributed by atoms with E-state index >= 15 is 0 Å². The predicted molar refractivity (Wildman–Crippen MR) is 70.4 cm³/mol. The van der Waals surface area contributed by atoms with Crippen LogP contribution in [0, 0.1) is 10.1 Å². The maximum atomic E-state index is 10.6. The number of H-pyrrole nitrogens is 1. The number of anilines is 1. The Morgan fingerprint density at radius 3 is 3.10 bits per heavy atom. The van der Waals surface area contributed by atoms with Gasteiger partial charge in [0.2, 0.25) is 5.95 Å². The summed E-state index contributed by atoms with van der Waals surface area (Å²) in [6.07, 6.45) is 0. The molecule has 9 heteroatoms. The molecule has 1 unspecified atom stereocenters. The van der Waals surface area contributed by atoms with Gasteiger partial charge in [-0.1, -0.05) is 0 Å². The summed E-state index contributed by atoms with van der Waals surface area (Å²) in [4.78, 5) is 16.4. The first kappa shape index (κ1) is 12.6. The van der Waals surface area contributed by atoms with Crippen molar-refractivity contribution in [3.05, 3.63) is 22.2 Å². The second-order valence-corrected chi connectivity index (χ2v) is 4.68. The third-order valence-corrected chi connectivity index (χ3v) is 3.13. The minimum Gasteiger partial charge on any atom is -0.397 e. The third-order valence-electron chi connectivity index (χ3n) is 3.13. The van der Waals surface area contributed by atoms with Crippen LogP contribution in [0.1, 0.15) is 6.92 Å². The lowest BCUT2D eigenvalue weighted by atomic mass is 10.2. The molecule has 0 spiro atoms. The first-order valence-electron chi connectivity index (χ1n) is 6.29. The molecule has 0 bridgehead atoms. The Kier molecular flexibility index (Phi) is 3.11. The Hall–Kier alpha value is -2.42. The first-order valence-corrected chi connectivity index (χ1v) is 6.29. The van der Waals surface area contributed by atoms with E-state index in [2.05, 4.69) is 32.3 Å². The highest BCUT2D eigenvalue weighted by Crippen LogP contribution is 2.24. The molecule has 0 saturated carbocycles. The lowest BCUT2D eigenvalue weighted by Crippen LogP contribution is -2.49. The van der Waals surface area contributed by atoms with Gasteiger partial charge in [0.15, 0.2) is 11.6 Å². The standard InChI is InChI=1S/C11H14N6O3/c1-7-6-16(5-4-12-7)11-13-10(14-15-11)8-2-3-9(20-8)17(18)19/h2-3,7,12H,4-6H2,1H3,(H,13,14,15). The first-order chi connectivity index (χ1) is 9.63. The predicted octanol–water partition coefficient (Wildman–Crippen LogP) is 0.771. The third kappa shape index (κ3) is 2.35. The molecular weight excluding hydrogens is 264 g/mol. The van der Waals surface area contributed by atoms with Gasteiger partial charge >= 0.3 is 5.88 Å². The maximum Gasteiger partial charge on any atom is 0.433 e. The van der Waals surface area contributed by atoms with Gasteiger partial charge in [0.05, 0.1) is 6.07 Å². The van der Waals surface area contributed by atoms with Crippen LogP contribution in [0.3, 0.4) is 0 Å². The van der Waals surface area contributed by atoms with Crippen LogP contribution in [0.2, 0.25) is 0 Å². The van der Waals surface area contributed by atoms with Crippen molar-refractivity contribution in [2.75, 3.05) is 24.5 Å². The number of rotatable bonds is 3. The number of aromatic amines is 1. The summed E-state index contributed by atoms with van der Waals surface area (Å²) in [5.74, 6) is 0.957. The molecule has 2 aromatic heterocycles. The SMILES string of the molecule is CC1CN(c2n[nH]c(-c3ccc([N+](=O)[O-])o3)n2)CCN1. The zero-order chi connectivity index (χ0) is 14.1. The van der Waals surface area contributed by atoms with E-state index in [1.807, 2.05) is 0 Å². The number of hydrogen-bond acceptors (Lipinski definition) is 7. The molecule has 0 radical (unpaired) electrons. The molecule has 0 aromatic carbocycles. The number of nitro groups is 1. The molecule has 0 aliphatic carbocycles. The van der Waals surface area contributed by atoms with Crippen LogP contribution < -0.4 is 10.2 Å². The molecule has 2 N–H and O–H groups in total. The average Bonchev–Trinajstić information content (AvgIpc) is 3.08. The lowest BCUT2D eigenvalue weighted by Gasteiger charge is -2.30. The minimum atomic E-state index is -0.585. The number of furan rings is 1. The second kappa shape index (κ2) is 4.93. The van der Waals surface area contributed by atoms with E-state index in [0.717, 1.165) is 19.6 Å². The van der Waals surface area contributed by atoms with E-state index in [1.165, 1.54) is 12.1 Å². The second-order valence-electron chi connectivity index (χ2n) is 4.68. The highest BCUT2D eigenvalue weighted by atomic mass is 16.6.